The Balaban J connectivity index is 0. The molecule has 0 N–H and O–H groups in total. The maximum Gasteiger partial charge on any atom is 2.00 e. The third kappa shape index (κ3) is 5.59. The second-order valence-corrected chi connectivity index (χ2v) is 1.69. The summed E-state index contributed by atoms with van der Waals surface area (Å²) in [7, 11) is 0. The summed E-state index contributed by atoms with van der Waals surface area (Å²) in [6.45, 7) is 1.56. The summed E-state index contributed by atoms with van der Waals surface area (Å²) in [4.78, 5) is 9.61. The number of hydrogen-bond acceptors (Lipinski definition) is 2. The fourth-order valence-electron chi connectivity index (χ4n) is 0.578. The standard InChI is InChI=1S/C8H5O2.V.W/c9-7-10-6-8-4-2-1-3-5-8;;/h1-2,5H,6H2;;/q-3;+2;. The molecule has 0 heterocycles. The molecular formula is C8H5O2VW-. The van der Waals surface area contributed by atoms with Crippen molar-refractivity contribution in [3.05, 3.63) is 35.9 Å². The molecule has 0 aliphatic rings. The SMILES string of the molecule is O=[C-]OCc1[c-]cc[c-]c1.[V+2].[W]. The molecule has 0 spiro atoms. The minimum Gasteiger partial charge on any atom is -0.659 e. The van der Waals surface area contributed by atoms with Gasteiger partial charge in [-0.15, -0.1) is 0 Å². The van der Waals surface area contributed by atoms with E-state index >= 15 is 0 Å². The van der Waals surface area contributed by atoms with Crippen LogP contribution in [0.4, 0.5) is 0 Å². The van der Waals surface area contributed by atoms with Crippen molar-refractivity contribution in [2.45, 2.75) is 6.61 Å². The molecule has 0 fully saturated rings. The minimum absolute atomic E-state index is 0. The third-order valence-electron chi connectivity index (χ3n) is 0.992. The summed E-state index contributed by atoms with van der Waals surface area (Å²) in [5, 5.41) is 0. The van der Waals surface area contributed by atoms with Crippen LogP contribution < -0.4 is 0 Å². The first-order valence-electron chi connectivity index (χ1n) is 2.79. The van der Waals surface area contributed by atoms with Crippen molar-refractivity contribution in [3.8, 4) is 0 Å². The van der Waals surface area contributed by atoms with Gasteiger partial charge < -0.3 is 21.7 Å². The maximum absolute atomic E-state index is 9.61. The van der Waals surface area contributed by atoms with Crippen LogP contribution in [-0.2, 0) is 55.8 Å². The van der Waals surface area contributed by atoms with Crippen molar-refractivity contribution in [1.29, 1.82) is 0 Å². The molecule has 0 amide bonds. The molecule has 0 aliphatic heterocycles. The average molecular weight is 368 g/mol. The summed E-state index contributed by atoms with van der Waals surface area (Å²) in [6, 6.07) is 10.8. The summed E-state index contributed by atoms with van der Waals surface area (Å²) >= 11 is 0. The molecule has 1 radical (unpaired) electrons. The van der Waals surface area contributed by atoms with Gasteiger partial charge in [0.2, 0.25) is 0 Å². The third-order valence-corrected chi connectivity index (χ3v) is 0.992. The van der Waals surface area contributed by atoms with E-state index < -0.39 is 0 Å². The van der Waals surface area contributed by atoms with Crippen LogP contribution in [0.3, 0.4) is 0 Å². The summed E-state index contributed by atoms with van der Waals surface area (Å²) in [5.74, 6) is 0. The Morgan fingerprint density at radius 2 is 2.25 bits per heavy atom. The van der Waals surface area contributed by atoms with E-state index in [2.05, 4.69) is 16.9 Å². The van der Waals surface area contributed by atoms with E-state index in [1.54, 1.807) is 18.2 Å². The molecule has 61 valence electrons. The van der Waals surface area contributed by atoms with E-state index in [0.717, 1.165) is 5.56 Å². The zero-order chi connectivity index (χ0) is 7.23. The van der Waals surface area contributed by atoms with Crippen molar-refractivity contribution in [2.24, 2.45) is 0 Å². The fraction of sp³-hybridized carbons (Fsp3) is 0.125. The van der Waals surface area contributed by atoms with Crippen molar-refractivity contribution < 1.29 is 49.2 Å². The van der Waals surface area contributed by atoms with Gasteiger partial charge in [0.15, 0.2) is 0 Å². The van der Waals surface area contributed by atoms with E-state index in [-0.39, 0.29) is 46.2 Å². The summed E-state index contributed by atoms with van der Waals surface area (Å²) < 4.78 is 4.36. The van der Waals surface area contributed by atoms with Crippen molar-refractivity contribution in [2.75, 3.05) is 0 Å². The Labute approximate surface area is 97.8 Å². The van der Waals surface area contributed by atoms with E-state index in [0.29, 0.717) is 0 Å². The van der Waals surface area contributed by atoms with Gasteiger partial charge in [0, 0.05) is 27.7 Å². The maximum atomic E-state index is 9.61. The van der Waals surface area contributed by atoms with E-state index in [9.17, 15) is 4.79 Å². The second-order valence-electron chi connectivity index (χ2n) is 1.69. The van der Waals surface area contributed by atoms with E-state index in [4.69, 9.17) is 0 Å². The second kappa shape index (κ2) is 9.05. The molecule has 0 atom stereocenters. The molecule has 1 aromatic rings. The van der Waals surface area contributed by atoms with Gasteiger partial charge in [-0.1, -0.05) is 6.47 Å². The number of carbonyl (C=O) groups excluding carboxylic acids is 1. The van der Waals surface area contributed by atoms with Crippen molar-refractivity contribution >= 4 is 6.47 Å². The zero-order valence-electron chi connectivity index (χ0n) is 6.11. The van der Waals surface area contributed by atoms with Crippen LogP contribution in [0.15, 0.2) is 18.2 Å². The molecule has 1 aromatic carbocycles. The van der Waals surface area contributed by atoms with Crippen LogP contribution in [-0.4, -0.2) is 6.47 Å². The van der Waals surface area contributed by atoms with Gasteiger partial charge in [-0.2, -0.15) is 0 Å². The van der Waals surface area contributed by atoms with Gasteiger partial charge in [0.05, 0.1) is 0 Å². The van der Waals surface area contributed by atoms with Crippen LogP contribution in [0.5, 0.6) is 0 Å². The smallest absolute Gasteiger partial charge is 0.659 e. The van der Waals surface area contributed by atoms with Crippen LogP contribution >= 0.6 is 0 Å². The van der Waals surface area contributed by atoms with Gasteiger partial charge in [-0.25, -0.2) is 5.56 Å². The Bertz CT molecular complexity index is 203. The minimum atomic E-state index is 0. The molecule has 1 rings (SSSR count). The zero-order valence-corrected chi connectivity index (χ0v) is 10.4. The molecule has 0 aliphatic carbocycles. The molecule has 12 heavy (non-hydrogen) atoms. The molecular weight excluding hydrogens is 363 g/mol. The van der Waals surface area contributed by atoms with Crippen molar-refractivity contribution in [1.82, 2.24) is 0 Å². The normalized spacial score (nSPS) is 7.33. The number of ether oxygens (including phenoxy) is 1. The number of hydrogen-bond donors (Lipinski definition) is 0. The first-order valence-corrected chi connectivity index (χ1v) is 2.79. The first kappa shape index (κ1) is 14.5. The van der Waals surface area contributed by atoms with Crippen LogP contribution in [0.2, 0.25) is 0 Å². The predicted molar refractivity (Wildman–Crippen MR) is 34.6 cm³/mol. The number of benzene rings is 1. The topological polar surface area (TPSA) is 26.3 Å². The van der Waals surface area contributed by atoms with E-state index in [1.165, 1.54) is 6.47 Å². The fourth-order valence-corrected chi connectivity index (χ4v) is 0.578. The van der Waals surface area contributed by atoms with Crippen molar-refractivity contribution in [3.63, 3.8) is 0 Å². The largest absolute Gasteiger partial charge is 2.00 e. The van der Waals surface area contributed by atoms with Crippen LogP contribution in [0.1, 0.15) is 5.56 Å². The van der Waals surface area contributed by atoms with Crippen LogP contribution in [0.25, 0.3) is 0 Å². The average Bonchev–Trinajstić information content (AvgIpc) is 2.03. The Morgan fingerprint density at radius 1 is 1.50 bits per heavy atom. The first-order chi connectivity index (χ1) is 4.93. The van der Waals surface area contributed by atoms with Crippen LogP contribution in [0, 0.1) is 12.1 Å². The Hall–Kier alpha value is -0.0373. The van der Waals surface area contributed by atoms with Gasteiger partial charge in [0.25, 0.3) is 0 Å². The summed E-state index contributed by atoms with van der Waals surface area (Å²) in [6.07, 6.45) is 0. The number of rotatable bonds is 3. The molecule has 0 aromatic heterocycles. The van der Waals surface area contributed by atoms with Gasteiger partial charge >= 0.3 is 18.6 Å². The quantitative estimate of drug-likeness (QED) is 0.741. The molecule has 0 saturated heterocycles. The molecule has 0 bridgehead atoms. The molecule has 0 unspecified atom stereocenters. The van der Waals surface area contributed by atoms with Gasteiger partial charge in [-0.05, 0) is 0 Å². The van der Waals surface area contributed by atoms with E-state index in [1.807, 2.05) is 0 Å². The molecule has 2 nitrogen and oxygen atoms in total. The molecule has 4 heteroatoms. The monoisotopic (exact) mass is 368 g/mol. The summed E-state index contributed by atoms with van der Waals surface area (Å²) in [5.41, 5.74) is 0.797. The van der Waals surface area contributed by atoms with Gasteiger partial charge in [-0.3, -0.25) is 18.2 Å². The predicted octanol–water partition coefficient (Wildman–Crippen LogP) is 0.866. The Morgan fingerprint density at radius 3 is 2.75 bits per heavy atom. The Kier molecular flexibility index (Phi) is 10.9. The molecule has 0 saturated carbocycles. The van der Waals surface area contributed by atoms with Gasteiger partial charge in [0.1, 0.15) is 0 Å².